The van der Waals surface area contributed by atoms with E-state index in [0.717, 1.165) is 24.3 Å². The molecule has 0 aliphatic heterocycles. The number of nitrogens with zero attached hydrogens (tertiary/aromatic N) is 1. The largest absolute Gasteiger partial charge is 0.272 e. The molecule has 3 rings (SSSR count). The van der Waals surface area contributed by atoms with Crippen molar-refractivity contribution in [1.29, 1.82) is 0 Å². The van der Waals surface area contributed by atoms with Crippen molar-refractivity contribution in [2.24, 2.45) is 16.9 Å². The maximum Gasteiger partial charge on any atom is 0.272 e. The summed E-state index contributed by atoms with van der Waals surface area (Å²) in [6.07, 6.45) is 5.97. The number of hydrazone groups is 1. The van der Waals surface area contributed by atoms with Crippen LogP contribution in [0.25, 0.3) is 0 Å². The zero-order valence-corrected chi connectivity index (χ0v) is 11.4. The van der Waals surface area contributed by atoms with Gasteiger partial charge in [0.25, 0.3) is 5.91 Å². The Morgan fingerprint density at radius 3 is 3.06 bits per heavy atom. The summed E-state index contributed by atoms with van der Waals surface area (Å²) in [5.74, 6) is 1.41. The highest BCUT2D eigenvalue weighted by atomic mass is 32.1. The minimum atomic E-state index is -0.0683. The Balaban J connectivity index is 1.63. The number of rotatable bonds is 3. The van der Waals surface area contributed by atoms with Crippen LogP contribution >= 0.6 is 11.3 Å². The number of thiophene rings is 1. The van der Waals surface area contributed by atoms with Gasteiger partial charge in [0.15, 0.2) is 0 Å². The molecule has 2 bridgehead atoms. The van der Waals surface area contributed by atoms with Crippen molar-refractivity contribution in [2.45, 2.75) is 39.0 Å². The number of nitrogens with one attached hydrogen (secondary N) is 1. The molecule has 1 aromatic heterocycles. The summed E-state index contributed by atoms with van der Waals surface area (Å²) in [7, 11) is 0. The topological polar surface area (TPSA) is 41.5 Å². The average molecular weight is 262 g/mol. The quantitative estimate of drug-likeness (QED) is 0.835. The van der Waals surface area contributed by atoms with Gasteiger partial charge in [0, 0.05) is 16.0 Å². The fourth-order valence-electron chi connectivity index (χ4n) is 3.03. The lowest BCUT2D eigenvalue weighted by Crippen LogP contribution is -2.21. The summed E-state index contributed by atoms with van der Waals surface area (Å²) in [6.45, 7) is 2.10. The van der Waals surface area contributed by atoms with Crippen LogP contribution in [0.1, 0.15) is 47.8 Å². The van der Waals surface area contributed by atoms with E-state index in [2.05, 4.69) is 17.5 Å². The zero-order valence-electron chi connectivity index (χ0n) is 10.6. The highest BCUT2D eigenvalue weighted by molar-refractivity contribution is 7.10. The summed E-state index contributed by atoms with van der Waals surface area (Å²) in [5, 5.41) is 6.25. The van der Waals surface area contributed by atoms with Gasteiger partial charge in [-0.3, -0.25) is 4.79 Å². The molecule has 2 saturated carbocycles. The van der Waals surface area contributed by atoms with E-state index in [1.54, 1.807) is 11.3 Å². The van der Waals surface area contributed by atoms with Crippen LogP contribution < -0.4 is 5.43 Å². The zero-order chi connectivity index (χ0) is 12.5. The van der Waals surface area contributed by atoms with Crippen LogP contribution in [-0.4, -0.2) is 11.6 Å². The first-order valence-electron chi connectivity index (χ1n) is 6.70. The van der Waals surface area contributed by atoms with E-state index in [1.807, 2.05) is 11.4 Å². The first kappa shape index (κ1) is 11.9. The Morgan fingerprint density at radius 1 is 1.56 bits per heavy atom. The third kappa shape index (κ3) is 2.21. The van der Waals surface area contributed by atoms with Crippen molar-refractivity contribution in [3.63, 3.8) is 0 Å². The van der Waals surface area contributed by atoms with Gasteiger partial charge in [-0.05, 0) is 50.0 Å². The van der Waals surface area contributed by atoms with Crippen molar-refractivity contribution >= 4 is 23.0 Å². The number of hydrogen-bond donors (Lipinski definition) is 1. The maximum absolute atomic E-state index is 11.9. The number of fused-ring (bicyclic) bond motifs is 2. The van der Waals surface area contributed by atoms with Crippen molar-refractivity contribution in [3.05, 3.63) is 21.9 Å². The highest BCUT2D eigenvalue weighted by Gasteiger charge is 2.36. The van der Waals surface area contributed by atoms with Crippen molar-refractivity contribution in [2.75, 3.05) is 0 Å². The number of hydrogen-bond acceptors (Lipinski definition) is 3. The van der Waals surface area contributed by atoms with Crippen LogP contribution in [-0.2, 0) is 6.42 Å². The molecule has 2 fully saturated rings. The van der Waals surface area contributed by atoms with E-state index in [4.69, 9.17) is 0 Å². The molecule has 18 heavy (non-hydrogen) atoms. The number of amides is 1. The van der Waals surface area contributed by atoms with Gasteiger partial charge in [0.1, 0.15) is 0 Å². The molecular weight excluding hydrogens is 244 g/mol. The fraction of sp³-hybridized carbons (Fsp3) is 0.571. The fourth-order valence-corrected chi connectivity index (χ4v) is 3.85. The van der Waals surface area contributed by atoms with Gasteiger partial charge in [-0.15, -0.1) is 11.3 Å². The second kappa shape index (κ2) is 4.84. The predicted octanol–water partition coefficient (Wildman–Crippen LogP) is 3.22. The van der Waals surface area contributed by atoms with E-state index < -0.39 is 0 Å². The standard InChI is InChI=1S/C14H18N2OS/c1-2-12-7-11(8-18-12)14(17)16-15-13-6-9-3-4-10(13)5-9/h7-10H,2-6H2,1H3,(H,16,17)/b15-13-/t9-,10-/m1/s1. The first-order chi connectivity index (χ1) is 8.76. The second-order valence-electron chi connectivity index (χ2n) is 5.28. The molecule has 3 nitrogen and oxygen atoms in total. The molecule has 1 N–H and O–H groups in total. The van der Waals surface area contributed by atoms with Gasteiger partial charge in [-0.1, -0.05) is 6.92 Å². The van der Waals surface area contributed by atoms with Crippen molar-refractivity contribution in [1.82, 2.24) is 5.43 Å². The smallest absolute Gasteiger partial charge is 0.267 e. The molecule has 2 atom stereocenters. The molecule has 2 aliphatic rings. The average Bonchev–Trinajstić information content (AvgIpc) is 3.10. The minimum absolute atomic E-state index is 0.0683. The summed E-state index contributed by atoms with van der Waals surface area (Å²) in [5.41, 5.74) is 4.67. The summed E-state index contributed by atoms with van der Waals surface area (Å²) < 4.78 is 0. The number of aryl methyl sites for hydroxylation is 1. The van der Waals surface area contributed by atoms with E-state index in [9.17, 15) is 4.79 Å². The molecule has 2 aliphatic carbocycles. The molecule has 0 aromatic carbocycles. The van der Waals surface area contributed by atoms with E-state index >= 15 is 0 Å². The molecule has 1 heterocycles. The van der Waals surface area contributed by atoms with Crippen molar-refractivity contribution < 1.29 is 4.79 Å². The molecule has 1 amide bonds. The highest BCUT2D eigenvalue weighted by Crippen LogP contribution is 2.42. The van der Waals surface area contributed by atoms with E-state index in [-0.39, 0.29) is 5.91 Å². The lowest BCUT2D eigenvalue weighted by molar-refractivity contribution is 0.0955. The lowest BCUT2D eigenvalue weighted by atomic mass is 9.99. The first-order valence-corrected chi connectivity index (χ1v) is 7.58. The van der Waals surface area contributed by atoms with Crippen LogP contribution in [0.15, 0.2) is 16.5 Å². The van der Waals surface area contributed by atoms with Gasteiger partial charge in [0.2, 0.25) is 0 Å². The Kier molecular flexibility index (Phi) is 3.20. The molecule has 4 heteroatoms. The molecular formula is C14H18N2OS. The second-order valence-corrected chi connectivity index (χ2v) is 6.28. The molecule has 96 valence electrons. The SMILES string of the molecule is CCc1cc(C(=O)N/N=C2/C[C@@H]3CC[C@@H]2C3)cs1. The molecule has 0 unspecified atom stereocenters. The van der Waals surface area contributed by atoms with E-state index in [0.29, 0.717) is 5.92 Å². The number of carbonyl (C=O) groups excluding carboxylic acids is 1. The van der Waals surface area contributed by atoms with Gasteiger partial charge >= 0.3 is 0 Å². The third-order valence-corrected chi connectivity index (χ3v) is 5.16. The molecule has 0 saturated heterocycles. The monoisotopic (exact) mass is 262 g/mol. The Labute approximate surface area is 111 Å². The summed E-state index contributed by atoms with van der Waals surface area (Å²) in [4.78, 5) is 13.2. The molecule has 0 radical (unpaired) electrons. The Morgan fingerprint density at radius 2 is 2.44 bits per heavy atom. The lowest BCUT2D eigenvalue weighted by Gasteiger charge is -2.11. The maximum atomic E-state index is 11.9. The number of carbonyl (C=O) groups is 1. The van der Waals surface area contributed by atoms with Gasteiger partial charge in [0.05, 0.1) is 5.56 Å². The van der Waals surface area contributed by atoms with Crippen LogP contribution in [0.2, 0.25) is 0 Å². The van der Waals surface area contributed by atoms with Gasteiger partial charge in [-0.25, -0.2) is 5.43 Å². The molecule has 0 spiro atoms. The Bertz CT molecular complexity index is 492. The summed E-state index contributed by atoms with van der Waals surface area (Å²) in [6, 6.07) is 1.96. The van der Waals surface area contributed by atoms with Crippen LogP contribution in [0.3, 0.4) is 0 Å². The Hall–Kier alpha value is -1.16. The van der Waals surface area contributed by atoms with Gasteiger partial charge < -0.3 is 0 Å². The van der Waals surface area contributed by atoms with Crippen LogP contribution in [0.5, 0.6) is 0 Å². The van der Waals surface area contributed by atoms with Crippen LogP contribution in [0.4, 0.5) is 0 Å². The minimum Gasteiger partial charge on any atom is -0.267 e. The molecule has 1 aromatic rings. The third-order valence-electron chi connectivity index (χ3n) is 4.08. The van der Waals surface area contributed by atoms with Crippen LogP contribution in [0, 0.1) is 11.8 Å². The van der Waals surface area contributed by atoms with Gasteiger partial charge in [-0.2, -0.15) is 5.10 Å². The summed E-state index contributed by atoms with van der Waals surface area (Å²) >= 11 is 1.64. The normalized spacial score (nSPS) is 27.9. The predicted molar refractivity (Wildman–Crippen MR) is 74.0 cm³/mol. The van der Waals surface area contributed by atoms with Crippen molar-refractivity contribution in [3.8, 4) is 0 Å². The van der Waals surface area contributed by atoms with E-state index in [1.165, 1.54) is 29.9 Å².